The number of amides is 2. The summed E-state index contributed by atoms with van der Waals surface area (Å²) in [6, 6.07) is 0.176. The average molecular weight is 975 g/mol. The van der Waals surface area contributed by atoms with Crippen LogP contribution in [0.1, 0.15) is 126 Å². The van der Waals surface area contributed by atoms with E-state index in [1.54, 1.807) is 41.5 Å². The number of carbonyl (C=O) groups is 8. The van der Waals surface area contributed by atoms with Gasteiger partial charge in [0, 0.05) is 17.9 Å². The molecule has 0 unspecified atom stereocenters. The number of nitrogens with one attached hydrogen (secondary N) is 2. The smallest absolute Gasteiger partial charge is 0.509 e. The number of rotatable bonds is 16. The second-order valence-electron chi connectivity index (χ2n) is 21.4. The molecule has 3 aliphatic carbocycles. The van der Waals surface area contributed by atoms with Crippen molar-refractivity contribution >= 4 is 56.3 Å². The molecule has 21 heteroatoms. The number of benzene rings is 1. The normalized spacial score (nSPS) is 23.3. The first-order chi connectivity index (χ1) is 31.2. The van der Waals surface area contributed by atoms with E-state index < -0.39 is 122 Å². The number of carboxylic acids is 2. The van der Waals surface area contributed by atoms with Gasteiger partial charge in [0.1, 0.15) is 40.4 Å². The lowest BCUT2D eigenvalue weighted by molar-refractivity contribution is -0.201. The van der Waals surface area contributed by atoms with Crippen LogP contribution >= 0.6 is 0 Å². The Kier molecular flexibility index (Phi) is 15.0. The molecule has 2 bridgehead atoms. The minimum absolute atomic E-state index is 0.00334. The Labute approximate surface area is 396 Å². The van der Waals surface area contributed by atoms with Gasteiger partial charge in [0.25, 0.3) is 20.1 Å². The number of carbonyl (C=O) groups excluding carboxylic acids is 6. The maximum absolute atomic E-state index is 14.3. The molecule has 2 amide bonds. The molecule has 1 aromatic carbocycles. The van der Waals surface area contributed by atoms with Crippen LogP contribution in [-0.4, -0.2) is 114 Å². The zero-order valence-electron chi connectivity index (χ0n) is 41.1. The third-order valence-electron chi connectivity index (χ3n) is 12.9. The number of carboxylic acid groups (broad SMARTS) is 2. The summed E-state index contributed by atoms with van der Waals surface area (Å²) < 4.78 is 46.5. The number of hydrogen-bond donors (Lipinski definition) is 4. The van der Waals surface area contributed by atoms with Crippen molar-refractivity contribution < 1.29 is 86.2 Å². The third-order valence-corrected chi connectivity index (χ3v) is 17.3. The fourth-order valence-corrected chi connectivity index (χ4v) is 9.91. The van der Waals surface area contributed by atoms with Gasteiger partial charge in [0.05, 0.1) is 18.3 Å². The summed E-state index contributed by atoms with van der Waals surface area (Å²) in [5.41, 5.74) is -2.92. The Morgan fingerprint density at radius 3 is 1.79 bits per heavy atom. The van der Waals surface area contributed by atoms with Gasteiger partial charge in [-0.2, -0.15) is 0 Å². The molecular weight excluding hydrogens is 909 g/mol. The van der Waals surface area contributed by atoms with Crippen molar-refractivity contribution in [2.45, 2.75) is 192 Å². The van der Waals surface area contributed by atoms with E-state index in [4.69, 9.17) is 37.6 Å². The summed E-state index contributed by atoms with van der Waals surface area (Å²) in [5.74, 6) is -6.72. The molecule has 1 aromatic rings. The topological polar surface area (TPSA) is 275 Å². The molecule has 1 fully saturated rings. The van der Waals surface area contributed by atoms with E-state index in [0.29, 0.717) is 42.7 Å². The average Bonchev–Trinajstić information content (AvgIpc) is 3.52. The summed E-state index contributed by atoms with van der Waals surface area (Å²) in [6.07, 6.45) is -4.61. The number of esters is 2. The zero-order valence-corrected chi connectivity index (χ0v) is 42.1. The predicted molar refractivity (Wildman–Crippen MR) is 241 cm³/mol. The quantitative estimate of drug-likeness (QED) is 0.0823. The molecule has 4 N–H and O–H groups in total. The van der Waals surface area contributed by atoms with Crippen molar-refractivity contribution in [1.29, 1.82) is 0 Å². The number of aliphatic carboxylic acids is 2. The molecule has 20 nitrogen and oxygen atoms in total. The zero-order chi connectivity index (χ0) is 51.1. The second-order valence-corrected chi connectivity index (χ2v) is 26.1. The standard InChI is InChI=1S/C47H66N2O18Si/c1-24(60-41(58)65-43(3,4)5)37(52)48-28(39(54)55)22-32(50)62-31-18-20-47(64-33(51)23-29(40(56)57)49-38(53)25(2)61-42(59)66-44(6,7)8)27-15-14-19-46(47)34-26(21-27)16-17-30(35(34)63-36(31)46)67-68(12,13)45(9,10)11/h16-18,24-25,27-29,36H,14-15,19-23H2,1-13H3,(H,48,52)(H,49,53)(H,54,55)(H,56,57)/t24-,25-,27+,28-,29-,36-,46-,47+/m0/s1. The van der Waals surface area contributed by atoms with E-state index in [1.165, 1.54) is 19.9 Å². The van der Waals surface area contributed by atoms with Crippen LogP contribution in [0, 0.1) is 5.92 Å². The molecule has 0 aromatic heterocycles. The van der Waals surface area contributed by atoms with Crippen molar-refractivity contribution in [3.8, 4) is 11.5 Å². The van der Waals surface area contributed by atoms with Crippen LogP contribution in [0.2, 0.25) is 18.1 Å². The first-order valence-electron chi connectivity index (χ1n) is 22.7. The molecule has 68 heavy (non-hydrogen) atoms. The Morgan fingerprint density at radius 1 is 0.794 bits per heavy atom. The monoisotopic (exact) mass is 974 g/mol. The highest BCUT2D eigenvalue weighted by atomic mass is 28.4. The van der Waals surface area contributed by atoms with Crippen LogP contribution in [-0.2, 0) is 69.0 Å². The van der Waals surface area contributed by atoms with Gasteiger partial charge in [-0.15, -0.1) is 0 Å². The van der Waals surface area contributed by atoms with Crippen LogP contribution in [0.25, 0.3) is 0 Å². The van der Waals surface area contributed by atoms with Gasteiger partial charge < -0.3 is 58.4 Å². The molecule has 0 radical (unpaired) electrons. The fraction of sp³-hybridized carbons (Fsp3) is 0.660. The van der Waals surface area contributed by atoms with E-state index >= 15 is 0 Å². The summed E-state index contributed by atoms with van der Waals surface area (Å²) in [7, 11) is -2.53. The van der Waals surface area contributed by atoms with Gasteiger partial charge in [0.2, 0.25) is 0 Å². The lowest BCUT2D eigenvalue weighted by atomic mass is 9.46. The van der Waals surface area contributed by atoms with E-state index in [0.717, 1.165) is 5.56 Å². The lowest BCUT2D eigenvalue weighted by Crippen LogP contribution is -2.69. The summed E-state index contributed by atoms with van der Waals surface area (Å²) in [6.45, 7) is 22.4. The lowest BCUT2D eigenvalue weighted by Gasteiger charge is -2.60. The van der Waals surface area contributed by atoms with E-state index in [9.17, 15) is 48.6 Å². The Balaban J connectivity index is 1.47. The van der Waals surface area contributed by atoms with Crippen molar-refractivity contribution in [1.82, 2.24) is 10.6 Å². The summed E-state index contributed by atoms with van der Waals surface area (Å²) >= 11 is 0. The van der Waals surface area contributed by atoms with Crippen molar-refractivity contribution in [3.05, 3.63) is 35.1 Å². The minimum Gasteiger partial charge on any atom is -0.541 e. The number of ether oxygens (including phenoxy) is 7. The Bertz CT molecular complexity index is 2240. The SMILES string of the molecule is C[C@H](OC(=O)OC(C)(C)C)C(=O)N[C@@H](CC(=O)OC1=CC[C@@]2(OC(=O)C[C@H](NC(=O)[C@H](C)OC(=O)OC(C)(C)C)C(=O)O)[C@@H]3CCC[C@@]24c2c(ccc(O[Si](C)(C)C(C)(C)C)c2O[C@@H]14)C3)C(=O)O. The molecule has 1 spiro atoms. The molecule has 4 aliphatic rings. The van der Waals surface area contributed by atoms with E-state index in [1.807, 2.05) is 12.1 Å². The van der Waals surface area contributed by atoms with Crippen molar-refractivity contribution in [3.63, 3.8) is 0 Å². The molecule has 1 heterocycles. The maximum Gasteiger partial charge on any atom is 0.509 e. The first kappa shape index (κ1) is 53.1. The molecule has 376 valence electrons. The maximum atomic E-state index is 14.3. The molecule has 8 atom stereocenters. The molecule has 1 aliphatic heterocycles. The van der Waals surface area contributed by atoms with Gasteiger partial charge in [0.15, 0.2) is 24.1 Å². The molecule has 0 saturated heterocycles. The van der Waals surface area contributed by atoms with E-state index in [-0.39, 0.29) is 23.1 Å². The van der Waals surface area contributed by atoms with Crippen LogP contribution < -0.4 is 19.8 Å². The van der Waals surface area contributed by atoms with Gasteiger partial charge in [-0.25, -0.2) is 19.2 Å². The highest BCUT2D eigenvalue weighted by molar-refractivity contribution is 6.74. The van der Waals surface area contributed by atoms with Crippen LogP contribution in [0.5, 0.6) is 11.5 Å². The summed E-state index contributed by atoms with van der Waals surface area (Å²) in [5, 5.41) is 24.5. The highest BCUT2D eigenvalue weighted by Crippen LogP contribution is 2.69. The highest BCUT2D eigenvalue weighted by Gasteiger charge is 2.73. The number of hydrogen-bond acceptors (Lipinski definition) is 16. The summed E-state index contributed by atoms with van der Waals surface area (Å²) in [4.78, 5) is 103. The molecule has 1 saturated carbocycles. The van der Waals surface area contributed by atoms with Crippen molar-refractivity contribution in [2.75, 3.05) is 0 Å². The third kappa shape index (κ3) is 11.3. The first-order valence-corrected chi connectivity index (χ1v) is 25.6. The second kappa shape index (κ2) is 19.3. The van der Waals surface area contributed by atoms with Crippen LogP contribution in [0.15, 0.2) is 24.0 Å². The molecule has 5 rings (SSSR count). The Hall–Kier alpha value is -5.86. The van der Waals surface area contributed by atoms with Gasteiger partial charge in [-0.3, -0.25) is 19.2 Å². The van der Waals surface area contributed by atoms with Crippen molar-refractivity contribution in [2.24, 2.45) is 5.92 Å². The van der Waals surface area contributed by atoms with Crippen LogP contribution in [0.3, 0.4) is 0 Å². The van der Waals surface area contributed by atoms with Gasteiger partial charge in [-0.1, -0.05) is 33.3 Å². The Morgan fingerprint density at radius 2 is 1.31 bits per heavy atom. The fourth-order valence-electron chi connectivity index (χ4n) is 8.89. The molecular formula is C47H66N2O18Si. The van der Waals surface area contributed by atoms with Gasteiger partial charge >= 0.3 is 36.2 Å². The predicted octanol–water partition coefficient (Wildman–Crippen LogP) is 6.14. The largest absolute Gasteiger partial charge is 0.541 e. The van der Waals surface area contributed by atoms with Crippen LogP contribution in [0.4, 0.5) is 9.59 Å². The van der Waals surface area contributed by atoms with E-state index in [2.05, 4.69) is 44.5 Å². The minimum atomic E-state index is -2.53. The van der Waals surface area contributed by atoms with Gasteiger partial charge in [-0.05, 0) is 110 Å².